The summed E-state index contributed by atoms with van der Waals surface area (Å²) in [5, 5.41) is 8.17. The van der Waals surface area contributed by atoms with Crippen LogP contribution in [0.25, 0.3) is 0 Å². The molecule has 7 nitrogen and oxygen atoms in total. The Bertz CT molecular complexity index is 753. The molecule has 0 aliphatic rings. The molecule has 0 amide bonds. The minimum absolute atomic E-state index is 0.0734. The lowest BCUT2D eigenvalue weighted by Gasteiger charge is -2.11. The number of hydrogen-bond donors (Lipinski definition) is 2. The molecule has 2 aromatic carbocycles. The maximum atomic E-state index is 11.5. The van der Waals surface area contributed by atoms with Gasteiger partial charge in [-0.3, -0.25) is 5.84 Å². The normalized spacial score (nSPS) is 11.8. The SMILES string of the molecule is CN(C)c1ccc(N=Nc2ccc(S(=O)(=O)NN)cc2)cc1. The topological polar surface area (TPSA) is 100 Å². The minimum Gasteiger partial charge on any atom is -0.378 e. The third-order valence-corrected chi connectivity index (χ3v) is 4.15. The molecular weight excluding hydrogens is 302 g/mol. The van der Waals surface area contributed by atoms with Crippen molar-refractivity contribution in [1.29, 1.82) is 0 Å². The molecule has 0 atom stereocenters. The molecule has 2 rings (SSSR count). The zero-order chi connectivity index (χ0) is 16.2. The van der Waals surface area contributed by atoms with Crippen molar-refractivity contribution in [1.82, 2.24) is 4.83 Å². The summed E-state index contributed by atoms with van der Waals surface area (Å²) in [6.07, 6.45) is 0. The van der Waals surface area contributed by atoms with Gasteiger partial charge in [-0.2, -0.15) is 15.1 Å². The summed E-state index contributed by atoms with van der Waals surface area (Å²) in [5.41, 5.74) is 2.33. The second-order valence-electron chi connectivity index (χ2n) is 4.73. The van der Waals surface area contributed by atoms with Crippen LogP contribution < -0.4 is 15.6 Å². The van der Waals surface area contributed by atoms with Crippen LogP contribution in [0.2, 0.25) is 0 Å². The average Bonchev–Trinajstić information content (AvgIpc) is 2.53. The van der Waals surface area contributed by atoms with Crippen molar-refractivity contribution in [2.24, 2.45) is 16.1 Å². The summed E-state index contributed by atoms with van der Waals surface area (Å²) in [7, 11) is 0.277. The Hall–Kier alpha value is -2.29. The first kappa shape index (κ1) is 16.1. The number of anilines is 1. The molecule has 0 aromatic heterocycles. The van der Waals surface area contributed by atoms with E-state index in [4.69, 9.17) is 5.84 Å². The molecule has 0 spiro atoms. The molecule has 0 heterocycles. The fourth-order valence-corrected chi connectivity index (χ4v) is 2.32. The Kier molecular flexibility index (Phi) is 4.86. The molecule has 0 saturated carbocycles. The number of hydrogen-bond acceptors (Lipinski definition) is 6. The number of rotatable bonds is 5. The molecule has 0 radical (unpaired) electrons. The van der Waals surface area contributed by atoms with Crippen LogP contribution in [0.1, 0.15) is 0 Å². The van der Waals surface area contributed by atoms with Crippen LogP contribution in [0.15, 0.2) is 63.7 Å². The number of sulfonamides is 1. The van der Waals surface area contributed by atoms with Gasteiger partial charge in [0.15, 0.2) is 0 Å². The quantitative estimate of drug-likeness (QED) is 0.502. The second kappa shape index (κ2) is 6.65. The van der Waals surface area contributed by atoms with Crippen molar-refractivity contribution < 1.29 is 8.42 Å². The van der Waals surface area contributed by atoms with Gasteiger partial charge < -0.3 is 4.90 Å². The molecule has 0 saturated heterocycles. The van der Waals surface area contributed by atoms with E-state index in [0.29, 0.717) is 11.4 Å². The molecule has 8 heteroatoms. The highest BCUT2D eigenvalue weighted by molar-refractivity contribution is 7.89. The molecule has 0 aliphatic heterocycles. The van der Waals surface area contributed by atoms with Gasteiger partial charge in [0.2, 0.25) is 0 Å². The average molecular weight is 319 g/mol. The fraction of sp³-hybridized carbons (Fsp3) is 0.143. The van der Waals surface area contributed by atoms with Crippen LogP contribution in [-0.4, -0.2) is 22.5 Å². The van der Waals surface area contributed by atoms with Crippen LogP contribution in [0.5, 0.6) is 0 Å². The third-order valence-electron chi connectivity index (χ3n) is 2.95. The highest BCUT2D eigenvalue weighted by atomic mass is 32.2. The maximum absolute atomic E-state index is 11.5. The van der Waals surface area contributed by atoms with E-state index in [1.807, 2.05) is 43.3 Å². The first-order chi connectivity index (χ1) is 10.4. The summed E-state index contributed by atoms with van der Waals surface area (Å²) >= 11 is 0. The Morgan fingerprint density at radius 1 is 0.909 bits per heavy atom. The van der Waals surface area contributed by atoms with Gasteiger partial charge in [-0.25, -0.2) is 8.42 Å². The van der Waals surface area contributed by atoms with Gasteiger partial charge in [0, 0.05) is 19.8 Å². The summed E-state index contributed by atoms with van der Waals surface area (Å²) in [6.45, 7) is 0. The van der Waals surface area contributed by atoms with Crippen molar-refractivity contribution in [2.45, 2.75) is 4.90 Å². The van der Waals surface area contributed by atoms with E-state index in [-0.39, 0.29) is 4.90 Å². The van der Waals surface area contributed by atoms with Gasteiger partial charge in [0.25, 0.3) is 10.0 Å². The Labute approximate surface area is 129 Å². The summed E-state index contributed by atoms with van der Waals surface area (Å²) < 4.78 is 23.0. The lowest BCUT2D eigenvalue weighted by atomic mass is 10.3. The van der Waals surface area contributed by atoms with Crippen LogP contribution in [-0.2, 0) is 10.0 Å². The van der Waals surface area contributed by atoms with Crippen molar-refractivity contribution >= 4 is 27.1 Å². The Balaban J connectivity index is 2.13. The van der Waals surface area contributed by atoms with Gasteiger partial charge in [-0.05, 0) is 48.5 Å². The summed E-state index contributed by atoms with van der Waals surface area (Å²) in [4.78, 5) is 3.83. The van der Waals surface area contributed by atoms with Crippen LogP contribution in [0.3, 0.4) is 0 Å². The maximum Gasteiger partial charge on any atom is 0.253 e. The molecule has 0 unspecified atom stereocenters. The zero-order valence-corrected chi connectivity index (χ0v) is 13.1. The molecular formula is C14H17N5O2S. The molecule has 3 N–H and O–H groups in total. The van der Waals surface area contributed by atoms with Crippen molar-refractivity contribution in [3.63, 3.8) is 0 Å². The summed E-state index contributed by atoms with van der Waals surface area (Å²) in [6, 6.07) is 13.5. The van der Waals surface area contributed by atoms with Crippen LogP contribution in [0.4, 0.5) is 17.1 Å². The number of nitrogens with two attached hydrogens (primary N) is 1. The van der Waals surface area contributed by atoms with Gasteiger partial charge >= 0.3 is 0 Å². The highest BCUT2D eigenvalue weighted by Gasteiger charge is 2.10. The van der Waals surface area contributed by atoms with Crippen molar-refractivity contribution in [3.8, 4) is 0 Å². The highest BCUT2D eigenvalue weighted by Crippen LogP contribution is 2.22. The molecule has 116 valence electrons. The molecule has 0 aliphatic carbocycles. The van der Waals surface area contributed by atoms with E-state index in [2.05, 4.69) is 10.2 Å². The standard InChI is InChI=1S/C14H17N5O2S/c1-19(2)13-7-3-11(4-8-13)16-17-12-5-9-14(10-6-12)22(20,21)18-15/h3-10,18H,15H2,1-2H3. The number of benzene rings is 2. The number of nitrogens with zero attached hydrogens (tertiary/aromatic N) is 3. The van der Waals surface area contributed by atoms with Gasteiger partial charge in [-0.1, -0.05) is 0 Å². The van der Waals surface area contributed by atoms with Crippen LogP contribution in [0, 0.1) is 0 Å². The first-order valence-corrected chi connectivity index (χ1v) is 7.92. The number of hydrazine groups is 1. The minimum atomic E-state index is -3.64. The van der Waals surface area contributed by atoms with Crippen molar-refractivity contribution in [3.05, 3.63) is 48.5 Å². The third kappa shape index (κ3) is 3.88. The monoisotopic (exact) mass is 319 g/mol. The van der Waals surface area contributed by atoms with E-state index in [1.165, 1.54) is 12.1 Å². The van der Waals surface area contributed by atoms with Gasteiger partial charge in [-0.15, -0.1) is 0 Å². The van der Waals surface area contributed by atoms with E-state index >= 15 is 0 Å². The fourth-order valence-electron chi connectivity index (χ4n) is 1.69. The number of nitrogens with one attached hydrogen (secondary N) is 1. The number of azo groups is 1. The van der Waals surface area contributed by atoms with Crippen LogP contribution >= 0.6 is 0 Å². The van der Waals surface area contributed by atoms with E-state index in [9.17, 15) is 8.42 Å². The van der Waals surface area contributed by atoms with Gasteiger partial charge in [0.1, 0.15) is 0 Å². The lowest BCUT2D eigenvalue weighted by Crippen LogP contribution is -2.30. The zero-order valence-electron chi connectivity index (χ0n) is 12.3. The molecule has 0 fully saturated rings. The van der Waals surface area contributed by atoms with Crippen molar-refractivity contribution in [2.75, 3.05) is 19.0 Å². The second-order valence-corrected chi connectivity index (χ2v) is 6.44. The predicted octanol–water partition coefficient (Wildman–Crippen LogP) is 2.32. The summed E-state index contributed by atoms with van der Waals surface area (Å²) in [5.74, 6) is 4.96. The van der Waals surface area contributed by atoms with E-state index in [1.54, 1.807) is 17.0 Å². The predicted molar refractivity (Wildman–Crippen MR) is 85.9 cm³/mol. The first-order valence-electron chi connectivity index (χ1n) is 6.44. The Morgan fingerprint density at radius 3 is 1.77 bits per heavy atom. The molecule has 0 bridgehead atoms. The van der Waals surface area contributed by atoms with E-state index < -0.39 is 10.0 Å². The molecule has 22 heavy (non-hydrogen) atoms. The smallest absolute Gasteiger partial charge is 0.253 e. The van der Waals surface area contributed by atoms with Gasteiger partial charge in [0.05, 0.1) is 16.3 Å². The molecule has 2 aromatic rings. The largest absolute Gasteiger partial charge is 0.378 e. The Morgan fingerprint density at radius 2 is 1.36 bits per heavy atom. The lowest BCUT2D eigenvalue weighted by molar-refractivity contribution is 0.584. The van der Waals surface area contributed by atoms with E-state index in [0.717, 1.165) is 5.69 Å².